The van der Waals surface area contributed by atoms with E-state index in [4.69, 9.17) is 4.74 Å². The van der Waals surface area contributed by atoms with Crippen LogP contribution in [0.1, 0.15) is 39.7 Å². The SMILES string of the molecule is CN1CCC[C@H](COC(=O)c2cccs2)[C@H]1c1ccc(C(F)(F)F)cc1. The van der Waals surface area contributed by atoms with Crippen LogP contribution in [-0.2, 0) is 10.9 Å². The number of likely N-dealkylation sites (tertiary alicyclic amines) is 1. The van der Waals surface area contributed by atoms with Gasteiger partial charge in [0.2, 0.25) is 0 Å². The number of thiophene rings is 1. The van der Waals surface area contributed by atoms with Crippen molar-refractivity contribution in [2.75, 3.05) is 20.2 Å². The van der Waals surface area contributed by atoms with E-state index in [-0.39, 0.29) is 24.5 Å². The zero-order chi connectivity index (χ0) is 18.7. The minimum absolute atomic E-state index is 0.0504. The number of carbonyl (C=O) groups excluding carboxylic acids is 1. The molecule has 0 N–H and O–H groups in total. The molecule has 1 aromatic heterocycles. The molecule has 26 heavy (non-hydrogen) atoms. The second-order valence-electron chi connectivity index (χ2n) is 6.52. The highest BCUT2D eigenvalue weighted by Crippen LogP contribution is 2.37. The lowest BCUT2D eigenvalue weighted by Gasteiger charge is -2.39. The molecule has 0 spiro atoms. The number of halogens is 3. The van der Waals surface area contributed by atoms with Gasteiger partial charge in [0.05, 0.1) is 12.2 Å². The first-order valence-corrected chi connectivity index (χ1v) is 9.32. The molecule has 0 radical (unpaired) electrons. The van der Waals surface area contributed by atoms with Gasteiger partial charge in [-0.3, -0.25) is 4.90 Å². The molecule has 3 rings (SSSR count). The Morgan fingerprint density at radius 3 is 2.62 bits per heavy atom. The molecule has 2 heterocycles. The van der Waals surface area contributed by atoms with E-state index in [9.17, 15) is 18.0 Å². The first-order valence-electron chi connectivity index (χ1n) is 8.44. The van der Waals surface area contributed by atoms with E-state index < -0.39 is 11.7 Å². The summed E-state index contributed by atoms with van der Waals surface area (Å²) in [5, 5.41) is 1.82. The predicted octanol–water partition coefficient (Wildman–Crippen LogP) is 5.01. The van der Waals surface area contributed by atoms with Crippen LogP contribution >= 0.6 is 11.3 Å². The molecule has 3 nitrogen and oxygen atoms in total. The molecule has 2 aromatic rings. The van der Waals surface area contributed by atoms with Gasteiger partial charge in [-0.15, -0.1) is 11.3 Å². The van der Waals surface area contributed by atoms with Crippen molar-refractivity contribution < 1.29 is 22.7 Å². The maximum absolute atomic E-state index is 12.8. The van der Waals surface area contributed by atoms with Gasteiger partial charge in [-0.2, -0.15) is 13.2 Å². The summed E-state index contributed by atoms with van der Waals surface area (Å²) in [6, 6.07) is 8.74. The van der Waals surface area contributed by atoms with Gasteiger partial charge in [0, 0.05) is 12.0 Å². The van der Waals surface area contributed by atoms with E-state index in [1.807, 2.05) is 12.4 Å². The highest BCUT2D eigenvalue weighted by Gasteiger charge is 2.34. The van der Waals surface area contributed by atoms with Crippen molar-refractivity contribution in [1.29, 1.82) is 0 Å². The van der Waals surface area contributed by atoms with Crippen LogP contribution < -0.4 is 0 Å². The average Bonchev–Trinajstić information content (AvgIpc) is 3.14. The number of ether oxygens (including phenoxy) is 1. The second-order valence-corrected chi connectivity index (χ2v) is 7.47. The zero-order valence-corrected chi connectivity index (χ0v) is 15.1. The molecule has 0 amide bonds. The summed E-state index contributed by atoms with van der Waals surface area (Å²) in [7, 11) is 1.95. The van der Waals surface area contributed by atoms with Crippen LogP contribution in [0, 0.1) is 5.92 Å². The number of piperidine rings is 1. The largest absolute Gasteiger partial charge is 0.461 e. The fraction of sp³-hybridized carbons (Fsp3) is 0.421. The van der Waals surface area contributed by atoms with Gasteiger partial charge in [-0.1, -0.05) is 18.2 Å². The van der Waals surface area contributed by atoms with Crippen molar-refractivity contribution in [3.63, 3.8) is 0 Å². The number of hydrogen-bond acceptors (Lipinski definition) is 4. The fourth-order valence-corrected chi connectivity index (χ4v) is 4.09. The molecule has 1 saturated heterocycles. The maximum atomic E-state index is 12.8. The van der Waals surface area contributed by atoms with E-state index in [2.05, 4.69) is 4.90 Å². The minimum atomic E-state index is -4.34. The standard InChI is InChI=1S/C19H20F3NO2S/c1-23-10-2-4-14(12-25-18(24)16-5-3-11-26-16)17(23)13-6-8-15(9-7-13)19(20,21)22/h3,5-9,11,14,17H,2,4,10,12H2,1H3/t14-,17-/m1/s1. The number of benzene rings is 1. The Balaban J connectivity index is 1.73. The van der Waals surface area contributed by atoms with Crippen molar-refractivity contribution in [2.45, 2.75) is 25.1 Å². The Labute approximate surface area is 154 Å². The number of rotatable bonds is 4. The monoisotopic (exact) mass is 383 g/mol. The van der Waals surface area contributed by atoms with Gasteiger partial charge in [-0.25, -0.2) is 4.79 Å². The van der Waals surface area contributed by atoms with Crippen LogP contribution in [0.2, 0.25) is 0 Å². The van der Waals surface area contributed by atoms with Gasteiger partial charge < -0.3 is 4.74 Å². The third-order valence-electron chi connectivity index (χ3n) is 4.74. The third kappa shape index (κ3) is 4.27. The lowest BCUT2D eigenvalue weighted by atomic mass is 9.85. The van der Waals surface area contributed by atoms with Crippen molar-refractivity contribution in [3.05, 3.63) is 57.8 Å². The summed E-state index contributed by atoms with van der Waals surface area (Å²) in [6.07, 6.45) is -2.50. The van der Waals surface area contributed by atoms with Crippen LogP contribution in [0.15, 0.2) is 41.8 Å². The molecule has 1 aromatic carbocycles. The highest BCUT2D eigenvalue weighted by molar-refractivity contribution is 7.11. The van der Waals surface area contributed by atoms with Gasteiger partial charge in [0.15, 0.2) is 0 Å². The van der Waals surface area contributed by atoms with E-state index in [0.717, 1.165) is 37.1 Å². The Morgan fingerprint density at radius 2 is 2.00 bits per heavy atom. The lowest BCUT2D eigenvalue weighted by molar-refractivity contribution is -0.137. The molecule has 0 unspecified atom stereocenters. The smallest absolute Gasteiger partial charge is 0.416 e. The second kappa shape index (κ2) is 7.80. The average molecular weight is 383 g/mol. The Morgan fingerprint density at radius 1 is 1.27 bits per heavy atom. The van der Waals surface area contributed by atoms with E-state index in [1.165, 1.54) is 23.5 Å². The third-order valence-corrected chi connectivity index (χ3v) is 5.59. The van der Waals surface area contributed by atoms with Crippen LogP contribution in [0.25, 0.3) is 0 Å². The van der Waals surface area contributed by atoms with Gasteiger partial charge in [0.25, 0.3) is 0 Å². The molecule has 7 heteroatoms. The van der Waals surface area contributed by atoms with Crippen LogP contribution in [0.4, 0.5) is 13.2 Å². The highest BCUT2D eigenvalue weighted by atomic mass is 32.1. The van der Waals surface area contributed by atoms with Gasteiger partial charge >= 0.3 is 12.1 Å². The van der Waals surface area contributed by atoms with Gasteiger partial charge in [0.1, 0.15) is 4.88 Å². The molecule has 0 bridgehead atoms. The summed E-state index contributed by atoms with van der Waals surface area (Å²) in [6.45, 7) is 1.12. The zero-order valence-electron chi connectivity index (χ0n) is 14.3. The maximum Gasteiger partial charge on any atom is 0.416 e. The summed E-state index contributed by atoms with van der Waals surface area (Å²) in [5.41, 5.74) is 0.165. The number of nitrogens with zero attached hydrogens (tertiary/aromatic N) is 1. The molecule has 1 fully saturated rings. The molecule has 1 aliphatic rings. The van der Waals surface area contributed by atoms with Gasteiger partial charge in [-0.05, 0) is 55.6 Å². The van der Waals surface area contributed by atoms with Crippen molar-refractivity contribution in [3.8, 4) is 0 Å². The fourth-order valence-electron chi connectivity index (χ4n) is 3.48. The quantitative estimate of drug-likeness (QED) is 0.696. The molecular formula is C19H20F3NO2S. The first kappa shape index (κ1) is 18.9. The number of alkyl halides is 3. The van der Waals surface area contributed by atoms with Crippen molar-refractivity contribution >= 4 is 17.3 Å². The molecule has 1 aliphatic heterocycles. The molecule has 2 atom stereocenters. The van der Waals surface area contributed by atoms with Crippen molar-refractivity contribution in [2.24, 2.45) is 5.92 Å². The summed E-state index contributed by atoms with van der Waals surface area (Å²) < 4.78 is 43.8. The molecule has 140 valence electrons. The topological polar surface area (TPSA) is 29.5 Å². The normalized spacial score (nSPS) is 21.5. The number of carbonyl (C=O) groups is 1. The van der Waals surface area contributed by atoms with Crippen molar-refractivity contribution in [1.82, 2.24) is 4.90 Å². The molecular weight excluding hydrogens is 363 g/mol. The van der Waals surface area contributed by atoms with E-state index >= 15 is 0 Å². The first-order chi connectivity index (χ1) is 12.4. The number of hydrogen-bond donors (Lipinski definition) is 0. The minimum Gasteiger partial charge on any atom is -0.461 e. The van der Waals surface area contributed by atoms with Crippen LogP contribution in [0.5, 0.6) is 0 Å². The molecule has 0 saturated carbocycles. The number of esters is 1. The Hall–Kier alpha value is -1.86. The van der Waals surface area contributed by atoms with E-state index in [0.29, 0.717) is 4.88 Å². The van der Waals surface area contributed by atoms with Crippen LogP contribution in [-0.4, -0.2) is 31.1 Å². The Kier molecular flexibility index (Phi) is 5.67. The summed E-state index contributed by atoms with van der Waals surface area (Å²) in [5.74, 6) is -0.297. The molecule has 0 aliphatic carbocycles. The summed E-state index contributed by atoms with van der Waals surface area (Å²) >= 11 is 1.33. The lowest BCUT2D eigenvalue weighted by Crippen LogP contribution is -2.38. The predicted molar refractivity (Wildman–Crippen MR) is 94.1 cm³/mol. The van der Waals surface area contributed by atoms with E-state index in [1.54, 1.807) is 12.1 Å². The van der Waals surface area contributed by atoms with Crippen LogP contribution in [0.3, 0.4) is 0 Å². The summed E-state index contributed by atoms with van der Waals surface area (Å²) in [4.78, 5) is 14.8. The Bertz CT molecular complexity index is 728.